The minimum Gasteiger partial charge on any atom is -0.369 e. The Morgan fingerprint density at radius 2 is 1.84 bits per heavy atom. The molecule has 7 heteroatoms. The largest absolute Gasteiger partial charge is 0.369 e. The van der Waals surface area contributed by atoms with Gasteiger partial charge in [-0.2, -0.15) is 5.10 Å². The summed E-state index contributed by atoms with van der Waals surface area (Å²) in [5.41, 5.74) is 2.99. The van der Waals surface area contributed by atoms with Gasteiger partial charge >= 0.3 is 0 Å². The highest BCUT2D eigenvalue weighted by Gasteiger charge is 2.25. The van der Waals surface area contributed by atoms with E-state index in [-0.39, 0.29) is 11.9 Å². The van der Waals surface area contributed by atoms with Crippen LogP contribution < -0.4 is 4.90 Å². The number of halogens is 2. The first kappa shape index (κ1) is 18.1. The van der Waals surface area contributed by atoms with E-state index in [9.17, 15) is 9.18 Å². The number of carbonyl (C=O) groups excluding carboxylic acids is 1. The molecule has 0 amide bonds. The van der Waals surface area contributed by atoms with Crippen molar-refractivity contribution in [2.45, 2.75) is 26.4 Å². The number of hydrogen-bond acceptors (Lipinski definition) is 4. The number of carbonyl (C=O) groups is 1. The molecule has 1 fully saturated rings. The van der Waals surface area contributed by atoms with E-state index in [1.54, 1.807) is 12.1 Å². The Labute approximate surface area is 155 Å². The van der Waals surface area contributed by atoms with Gasteiger partial charge in [0.2, 0.25) is 0 Å². The van der Waals surface area contributed by atoms with Crippen LogP contribution in [0.15, 0.2) is 28.7 Å². The lowest BCUT2D eigenvalue weighted by Gasteiger charge is -2.38. The third kappa shape index (κ3) is 3.93. The SMILES string of the molecule is Cc1nn(CC(C=O)N2CCN(c3ccc(F)cc3)CC2)c(C)c1Br. The third-order valence-corrected chi connectivity index (χ3v) is 5.93. The predicted molar refractivity (Wildman–Crippen MR) is 99.4 cm³/mol. The molecule has 0 spiro atoms. The van der Waals surface area contributed by atoms with Gasteiger partial charge in [-0.25, -0.2) is 4.39 Å². The van der Waals surface area contributed by atoms with Crippen LogP contribution in [-0.2, 0) is 11.3 Å². The fourth-order valence-electron chi connectivity index (χ4n) is 3.24. The van der Waals surface area contributed by atoms with Crippen molar-refractivity contribution in [1.82, 2.24) is 14.7 Å². The van der Waals surface area contributed by atoms with Gasteiger partial charge in [0.1, 0.15) is 12.1 Å². The number of aromatic nitrogens is 2. The molecule has 3 rings (SSSR count). The van der Waals surface area contributed by atoms with Gasteiger partial charge < -0.3 is 9.69 Å². The van der Waals surface area contributed by atoms with Gasteiger partial charge in [-0.15, -0.1) is 0 Å². The molecule has 1 saturated heterocycles. The van der Waals surface area contributed by atoms with Crippen LogP contribution in [0.25, 0.3) is 0 Å². The van der Waals surface area contributed by atoms with Crippen LogP contribution in [-0.4, -0.2) is 53.2 Å². The minimum atomic E-state index is -0.223. The molecule has 0 N–H and O–H groups in total. The Bertz CT molecular complexity index is 738. The molecule has 2 heterocycles. The Morgan fingerprint density at radius 3 is 2.36 bits per heavy atom. The van der Waals surface area contributed by atoms with E-state index >= 15 is 0 Å². The molecule has 134 valence electrons. The maximum absolute atomic E-state index is 13.1. The van der Waals surface area contributed by atoms with Gasteiger partial charge in [0.25, 0.3) is 0 Å². The summed E-state index contributed by atoms with van der Waals surface area (Å²) >= 11 is 3.53. The molecule has 0 bridgehead atoms. The average Bonchev–Trinajstić information content (AvgIpc) is 2.87. The summed E-state index contributed by atoms with van der Waals surface area (Å²) in [6.07, 6.45) is 1.01. The van der Waals surface area contributed by atoms with Crippen molar-refractivity contribution in [3.63, 3.8) is 0 Å². The molecule has 1 unspecified atom stereocenters. The number of hydrogen-bond donors (Lipinski definition) is 0. The zero-order valence-corrected chi connectivity index (χ0v) is 16.0. The van der Waals surface area contributed by atoms with Crippen LogP contribution in [0.1, 0.15) is 11.4 Å². The molecular formula is C18H22BrFN4O. The standard InChI is InChI=1S/C18H22BrFN4O/c1-13-18(19)14(2)24(21-13)11-17(12-25)23-9-7-22(8-10-23)16-5-3-15(20)4-6-16/h3-6,12,17H,7-11H2,1-2H3. The highest BCUT2D eigenvalue weighted by molar-refractivity contribution is 9.10. The van der Waals surface area contributed by atoms with E-state index in [2.05, 4.69) is 30.8 Å². The van der Waals surface area contributed by atoms with Gasteiger partial charge in [0, 0.05) is 37.6 Å². The first-order valence-electron chi connectivity index (χ1n) is 8.39. The maximum Gasteiger partial charge on any atom is 0.139 e. The summed E-state index contributed by atoms with van der Waals surface area (Å²) in [5, 5.41) is 4.50. The van der Waals surface area contributed by atoms with Gasteiger partial charge in [0.05, 0.1) is 22.8 Å². The lowest BCUT2D eigenvalue weighted by molar-refractivity contribution is -0.113. The number of rotatable bonds is 5. The topological polar surface area (TPSA) is 41.4 Å². The van der Waals surface area contributed by atoms with E-state index in [4.69, 9.17) is 0 Å². The van der Waals surface area contributed by atoms with E-state index in [1.165, 1.54) is 12.1 Å². The second-order valence-corrected chi connectivity index (χ2v) is 7.16. The molecule has 1 aromatic carbocycles. The summed E-state index contributed by atoms with van der Waals surface area (Å²) in [6, 6.07) is 6.37. The van der Waals surface area contributed by atoms with E-state index < -0.39 is 0 Å². The molecule has 2 aromatic rings. The molecule has 1 aliphatic rings. The summed E-state index contributed by atoms with van der Waals surface area (Å²) in [6.45, 7) is 7.72. The quantitative estimate of drug-likeness (QED) is 0.713. The van der Waals surface area contributed by atoms with Crippen LogP contribution in [0, 0.1) is 19.7 Å². The van der Waals surface area contributed by atoms with Gasteiger partial charge in [-0.1, -0.05) is 0 Å². The molecule has 1 aliphatic heterocycles. The third-order valence-electron chi connectivity index (χ3n) is 4.79. The van der Waals surface area contributed by atoms with Crippen molar-refractivity contribution in [2.24, 2.45) is 0 Å². The van der Waals surface area contributed by atoms with Crippen molar-refractivity contribution in [2.75, 3.05) is 31.1 Å². The highest BCUT2D eigenvalue weighted by Crippen LogP contribution is 2.21. The second kappa shape index (κ2) is 7.66. The number of benzene rings is 1. The number of piperazine rings is 1. The molecule has 5 nitrogen and oxygen atoms in total. The molecule has 1 aromatic heterocycles. The highest BCUT2D eigenvalue weighted by atomic mass is 79.9. The second-order valence-electron chi connectivity index (χ2n) is 6.37. The molecule has 0 aliphatic carbocycles. The first-order chi connectivity index (χ1) is 12.0. The zero-order chi connectivity index (χ0) is 18.0. The Kier molecular flexibility index (Phi) is 5.54. The summed E-state index contributed by atoms with van der Waals surface area (Å²) in [5.74, 6) is -0.223. The first-order valence-corrected chi connectivity index (χ1v) is 9.18. The van der Waals surface area contributed by atoms with Crippen LogP contribution >= 0.6 is 15.9 Å². The molecule has 1 atom stereocenters. The zero-order valence-electron chi connectivity index (χ0n) is 14.5. The average molecular weight is 409 g/mol. The molecule has 0 saturated carbocycles. The van der Waals surface area contributed by atoms with E-state index in [0.29, 0.717) is 6.54 Å². The van der Waals surface area contributed by atoms with E-state index in [0.717, 1.165) is 54.0 Å². The molecule has 25 heavy (non-hydrogen) atoms. The van der Waals surface area contributed by atoms with Crippen LogP contribution in [0.3, 0.4) is 0 Å². The lowest BCUT2D eigenvalue weighted by Crippen LogP contribution is -2.52. The van der Waals surface area contributed by atoms with Crippen LogP contribution in [0.2, 0.25) is 0 Å². The number of anilines is 1. The summed E-state index contributed by atoms with van der Waals surface area (Å²) in [7, 11) is 0. The monoisotopic (exact) mass is 408 g/mol. The minimum absolute atomic E-state index is 0.194. The molecular weight excluding hydrogens is 387 g/mol. The summed E-state index contributed by atoms with van der Waals surface area (Å²) in [4.78, 5) is 16.1. The van der Waals surface area contributed by atoms with Crippen LogP contribution in [0.4, 0.5) is 10.1 Å². The number of nitrogens with zero attached hydrogens (tertiary/aromatic N) is 4. The van der Waals surface area contributed by atoms with Gasteiger partial charge in [-0.3, -0.25) is 9.58 Å². The normalized spacial score (nSPS) is 16.9. The van der Waals surface area contributed by atoms with E-state index in [1.807, 2.05) is 18.5 Å². The number of aryl methyl sites for hydroxylation is 1. The lowest BCUT2D eigenvalue weighted by atomic mass is 10.2. The van der Waals surface area contributed by atoms with Gasteiger partial charge in [0.15, 0.2) is 0 Å². The smallest absolute Gasteiger partial charge is 0.139 e. The van der Waals surface area contributed by atoms with Crippen molar-refractivity contribution < 1.29 is 9.18 Å². The predicted octanol–water partition coefficient (Wildman–Crippen LogP) is 2.79. The van der Waals surface area contributed by atoms with Crippen molar-refractivity contribution in [3.8, 4) is 0 Å². The number of aldehydes is 1. The fourth-order valence-corrected chi connectivity index (χ4v) is 3.52. The van der Waals surface area contributed by atoms with Gasteiger partial charge in [-0.05, 0) is 54.0 Å². The Morgan fingerprint density at radius 1 is 1.20 bits per heavy atom. The van der Waals surface area contributed by atoms with Crippen molar-refractivity contribution >= 4 is 27.9 Å². The summed E-state index contributed by atoms with van der Waals surface area (Å²) < 4.78 is 16.0. The van der Waals surface area contributed by atoms with Crippen molar-refractivity contribution in [1.29, 1.82) is 0 Å². The fraction of sp³-hybridized carbons (Fsp3) is 0.444. The Hall–Kier alpha value is -1.73. The van der Waals surface area contributed by atoms with Crippen molar-refractivity contribution in [3.05, 3.63) is 45.9 Å². The molecule has 0 radical (unpaired) electrons. The Balaban J connectivity index is 1.63. The maximum atomic E-state index is 13.1. The van der Waals surface area contributed by atoms with Crippen LogP contribution in [0.5, 0.6) is 0 Å².